The summed E-state index contributed by atoms with van der Waals surface area (Å²) in [6.45, 7) is 0. The van der Waals surface area contributed by atoms with E-state index in [1.165, 1.54) is 24.2 Å². The predicted octanol–water partition coefficient (Wildman–Crippen LogP) is 3.97. The van der Waals surface area contributed by atoms with Crippen LogP contribution in [-0.4, -0.2) is 30.3 Å². The summed E-state index contributed by atoms with van der Waals surface area (Å²) in [5.74, 6) is 2.29. The van der Waals surface area contributed by atoms with Crippen LogP contribution in [0.3, 0.4) is 0 Å². The topological polar surface area (TPSA) is 99.6 Å². The second-order valence-electron chi connectivity index (χ2n) is 6.74. The van der Waals surface area contributed by atoms with Gasteiger partial charge in [0.1, 0.15) is 5.02 Å². The van der Waals surface area contributed by atoms with Gasteiger partial charge in [-0.05, 0) is 32.1 Å². The third kappa shape index (κ3) is 2.98. The molecule has 26 heavy (non-hydrogen) atoms. The fourth-order valence-corrected chi connectivity index (χ4v) is 4.39. The average molecular weight is 389 g/mol. The van der Waals surface area contributed by atoms with E-state index in [0.717, 1.165) is 35.5 Å². The van der Waals surface area contributed by atoms with E-state index >= 15 is 0 Å². The second-order valence-corrected chi connectivity index (χ2v) is 8.17. The van der Waals surface area contributed by atoms with Crippen LogP contribution in [0.4, 0.5) is 11.6 Å². The maximum absolute atomic E-state index is 10.2. The molecule has 3 heterocycles. The molecule has 2 aliphatic carbocycles. The Morgan fingerprint density at radius 2 is 2.15 bits per heavy atom. The zero-order valence-electron chi connectivity index (χ0n) is 13.9. The van der Waals surface area contributed by atoms with Gasteiger partial charge in [-0.1, -0.05) is 11.6 Å². The number of aliphatic hydroxyl groups is 1. The highest BCUT2D eigenvalue weighted by Crippen LogP contribution is 2.40. The lowest BCUT2D eigenvalue weighted by atomic mass is 10.0. The first-order chi connectivity index (χ1) is 12.7. The van der Waals surface area contributed by atoms with Crippen LogP contribution in [0.1, 0.15) is 54.0 Å². The summed E-state index contributed by atoms with van der Waals surface area (Å²) in [5.41, 5.74) is 2.10. The van der Waals surface area contributed by atoms with Crippen molar-refractivity contribution in [1.29, 1.82) is 0 Å². The average Bonchev–Trinajstić information content (AvgIpc) is 3.21. The number of fused-ring (bicyclic) bond motifs is 1. The zero-order chi connectivity index (χ0) is 17.7. The smallest absolute Gasteiger partial charge is 0.190 e. The quantitative estimate of drug-likeness (QED) is 0.625. The molecule has 134 valence electrons. The Kier molecular flexibility index (Phi) is 3.91. The Balaban J connectivity index is 1.44. The van der Waals surface area contributed by atoms with Gasteiger partial charge in [-0.2, -0.15) is 5.10 Å². The number of aromatic amines is 1. The van der Waals surface area contributed by atoms with Crippen molar-refractivity contribution in [3.05, 3.63) is 33.6 Å². The van der Waals surface area contributed by atoms with Crippen LogP contribution in [-0.2, 0) is 6.42 Å². The van der Waals surface area contributed by atoms with Crippen molar-refractivity contribution in [2.45, 2.75) is 44.1 Å². The van der Waals surface area contributed by atoms with Crippen LogP contribution in [0.15, 0.2) is 12.3 Å². The second kappa shape index (κ2) is 6.29. The number of rotatable bonds is 4. The van der Waals surface area contributed by atoms with E-state index in [-0.39, 0.29) is 0 Å². The van der Waals surface area contributed by atoms with E-state index in [1.54, 1.807) is 6.20 Å². The number of halogens is 1. The molecule has 0 bridgehead atoms. The zero-order valence-corrected chi connectivity index (χ0v) is 15.4. The summed E-state index contributed by atoms with van der Waals surface area (Å²) in [4.78, 5) is 14.4. The monoisotopic (exact) mass is 388 g/mol. The molecular formula is C17H17ClN6OS. The van der Waals surface area contributed by atoms with Crippen molar-refractivity contribution in [1.82, 2.24) is 25.1 Å². The molecule has 7 nitrogen and oxygen atoms in total. The molecule has 5 rings (SSSR count). The number of thiazole rings is 1. The van der Waals surface area contributed by atoms with Gasteiger partial charge in [-0.3, -0.25) is 5.10 Å². The number of aryl methyl sites for hydroxylation is 1. The van der Waals surface area contributed by atoms with Gasteiger partial charge in [-0.15, -0.1) is 11.3 Å². The van der Waals surface area contributed by atoms with Crippen molar-refractivity contribution in [3.8, 4) is 10.8 Å². The summed E-state index contributed by atoms with van der Waals surface area (Å²) in [6.07, 6.45) is 6.18. The lowest BCUT2D eigenvalue weighted by Gasteiger charge is -2.14. The van der Waals surface area contributed by atoms with Gasteiger partial charge in [0.2, 0.25) is 0 Å². The summed E-state index contributed by atoms with van der Waals surface area (Å²) in [7, 11) is 0. The standard InChI is InChI=1S/C17H17ClN6OS/c18-9-7-19-16(17-20-10-2-1-3-12(25)14(10)26-17)22-15(9)21-13-6-11(23-24-13)8-4-5-8/h6-8,12,25H,1-5H2,(H2,19,21,22,23,24). The largest absolute Gasteiger partial charge is 0.388 e. The van der Waals surface area contributed by atoms with Gasteiger partial charge in [0.15, 0.2) is 22.5 Å². The minimum absolute atomic E-state index is 0.422. The minimum Gasteiger partial charge on any atom is -0.388 e. The molecule has 2 aliphatic rings. The highest BCUT2D eigenvalue weighted by molar-refractivity contribution is 7.15. The van der Waals surface area contributed by atoms with Crippen molar-refractivity contribution < 1.29 is 5.11 Å². The number of anilines is 2. The molecule has 0 spiro atoms. The lowest BCUT2D eigenvalue weighted by molar-refractivity contribution is 0.160. The van der Waals surface area contributed by atoms with E-state index in [2.05, 4.69) is 30.5 Å². The van der Waals surface area contributed by atoms with Gasteiger partial charge in [-0.25, -0.2) is 15.0 Å². The summed E-state index contributed by atoms with van der Waals surface area (Å²) < 4.78 is 0. The van der Waals surface area contributed by atoms with E-state index in [4.69, 9.17) is 11.6 Å². The first kappa shape index (κ1) is 16.2. The summed E-state index contributed by atoms with van der Waals surface area (Å²) in [5, 5.41) is 21.8. The number of nitrogens with zero attached hydrogens (tertiary/aromatic N) is 4. The maximum Gasteiger partial charge on any atom is 0.190 e. The molecule has 3 aromatic rings. The van der Waals surface area contributed by atoms with Gasteiger partial charge in [0.05, 0.1) is 22.9 Å². The molecule has 3 N–H and O–H groups in total. The molecular weight excluding hydrogens is 372 g/mol. The predicted molar refractivity (Wildman–Crippen MR) is 99.9 cm³/mol. The normalized spacial score (nSPS) is 19.4. The molecule has 1 atom stereocenters. The van der Waals surface area contributed by atoms with Crippen LogP contribution >= 0.6 is 22.9 Å². The molecule has 0 amide bonds. The van der Waals surface area contributed by atoms with Crippen LogP contribution < -0.4 is 5.32 Å². The highest BCUT2D eigenvalue weighted by atomic mass is 35.5. The molecule has 0 saturated heterocycles. The van der Waals surface area contributed by atoms with Crippen LogP contribution in [0.2, 0.25) is 5.02 Å². The number of hydrogen-bond acceptors (Lipinski definition) is 7. The third-order valence-corrected chi connectivity index (χ3v) is 6.19. The number of aliphatic hydroxyl groups excluding tert-OH is 1. The van der Waals surface area contributed by atoms with E-state index in [9.17, 15) is 5.11 Å². The van der Waals surface area contributed by atoms with Crippen molar-refractivity contribution in [2.75, 3.05) is 5.32 Å². The molecule has 0 aliphatic heterocycles. The van der Waals surface area contributed by atoms with E-state index in [0.29, 0.717) is 33.4 Å². The van der Waals surface area contributed by atoms with Crippen LogP contribution in [0, 0.1) is 0 Å². The van der Waals surface area contributed by atoms with Gasteiger partial charge >= 0.3 is 0 Å². The highest BCUT2D eigenvalue weighted by Gasteiger charge is 2.26. The fraction of sp³-hybridized carbons (Fsp3) is 0.412. The van der Waals surface area contributed by atoms with E-state index in [1.807, 2.05) is 6.07 Å². The molecule has 1 saturated carbocycles. The fourth-order valence-electron chi connectivity index (χ4n) is 3.18. The lowest BCUT2D eigenvalue weighted by Crippen LogP contribution is -2.06. The number of aromatic nitrogens is 5. The molecule has 0 aromatic carbocycles. The third-order valence-electron chi connectivity index (χ3n) is 4.72. The Morgan fingerprint density at radius 1 is 1.27 bits per heavy atom. The molecule has 0 radical (unpaired) electrons. The Hall–Kier alpha value is -2.03. The van der Waals surface area contributed by atoms with Crippen LogP contribution in [0.25, 0.3) is 10.8 Å². The van der Waals surface area contributed by atoms with Gasteiger partial charge in [0.25, 0.3) is 0 Å². The van der Waals surface area contributed by atoms with Gasteiger partial charge in [0, 0.05) is 17.7 Å². The Labute approximate surface area is 158 Å². The number of hydrogen-bond donors (Lipinski definition) is 3. The van der Waals surface area contributed by atoms with Crippen LogP contribution in [0.5, 0.6) is 0 Å². The van der Waals surface area contributed by atoms with Gasteiger partial charge < -0.3 is 10.4 Å². The molecule has 3 aromatic heterocycles. The van der Waals surface area contributed by atoms with Crippen molar-refractivity contribution in [2.24, 2.45) is 0 Å². The first-order valence-corrected chi connectivity index (χ1v) is 9.90. The van der Waals surface area contributed by atoms with Crippen molar-refractivity contribution in [3.63, 3.8) is 0 Å². The summed E-state index contributed by atoms with van der Waals surface area (Å²) in [6, 6.07) is 1.99. The SMILES string of the molecule is OC1CCCc2nc(-c3ncc(Cl)c(Nc4cc(C5CC5)[nH]n4)n3)sc21. The Bertz CT molecular complexity index is 966. The molecule has 9 heteroatoms. The molecule has 1 unspecified atom stereocenters. The number of H-pyrrole nitrogens is 1. The van der Waals surface area contributed by atoms with E-state index < -0.39 is 6.10 Å². The number of nitrogens with one attached hydrogen (secondary N) is 2. The van der Waals surface area contributed by atoms with Crippen molar-refractivity contribution >= 4 is 34.6 Å². The Morgan fingerprint density at radius 3 is 2.96 bits per heavy atom. The minimum atomic E-state index is -0.431. The molecule has 1 fully saturated rings. The first-order valence-electron chi connectivity index (χ1n) is 8.70. The summed E-state index contributed by atoms with van der Waals surface area (Å²) >= 11 is 7.71. The maximum atomic E-state index is 10.2.